The number of aryl methyl sites for hydroxylation is 1. The molecule has 1 aliphatic rings. The van der Waals surface area contributed by atoms with Crippen LogP contribution >= 0.6 is 27.3 Å². The number of likely N-dealkylation sites (tertiary alicyclic amines) is 1. The second kappa shape index (κ2) is 7.92. The van der Waals surface area contributed by atoms with Crippen LogP contribution in [-0.4, -0.2) is 31.9 Å². The van der Waals surface area contributed by atoms with Gasteiger partial charge < -0.3 is 4.57 Å². The molecule has 0 saturated carbocycles. The number of rotatable bonds is 5. The van der Waals surface area contributed by atoms with Crippen LogP contribution in [0.2, 0.25) is 0 Å². The summed E-state index contributed by atoms with van der Waals surface area (Å²) in [6.07, 6.45) is 6.12. The van der Waals surface area contributed by atoms with Gasteiger partial charge in [0.1, 0.15) is 0 Å². The number of nitrogens with zero attached hydrogens (tertiary/aromatic N) is 4. The Hall–Kier alpha value is -2.03. The summed E-state index contributed by atoms with van der Waals surface area (Å²) in [6, 6.07) is 7.58. The number of hydrogen-bond acceptors (Lipinski definition) is 5. The molecule has 1 fully saturated rings. The van der Waals surface area contributed by atoms with Gasteiger partial charge in [-0.3, -0.25) is 15.0 Å². The lowest BCUT2D eigenvalue weighted by Gasteiger charge is -2.21. The van der Waals surface area contributed by atoms with Crippen molar-refractivity contribution in [1.82, 2.24) is 19.4 Å². The molecular weight excluding hydrogens is 426 g/mol. The van der Waals surface area contributed by atoms with Crippen molar-refractivity contribution in [3.8, 4) is 0 Å². The zero-order valence-electron chi connectivity index (χ0n) is 14.9. The third kappa shape index (κ3) is 4.28. The fraction of sp³-hybridized carbons (Fsp3) is 0.316. The smallest absolute Gasteiger partial charge is 0.257 e. The highest BCUT2D eigenvalue weighted by Gasteiger charge is 2.28. The number of thiazole rings is 1. The van der Waals surface area contributed by atoms with Gasteiger partial charge in [-0.15, -0.1) is 11.3 Å². The molecule has 2 aromatic heterocycles. The molecule has 3 heterocycles. The number of anilines is 1. The third-order valence-corrected chi connectivity index (χ3v) is 5.98. The molecule has 8 heteroatoms. The molecule has 1 N–H and O–H groups in total. The summed E-state index contributed by atoms with van der Waals surface area (Å²) in [4.78, 5) is 23.9. The van der Waals surface area contributed by atoms with E-state index in [2.05, 4.69) is 47.7 Å². The Morgan fingerprint density at radius 3 is 2.93 bits per heavy atom. The number of imidazole rings is 1. The quantitative estimate of drug-likeness (QED) is 0.637. The average Bonchev–Trinajstić information content (AvgIpc) is 3.37. The van der Waals surface area contributed by atoms with Gasteiger partial charge in [0.25, 0.3) is 5.91 Å². The van der Waals surface area contributed by atoms with Crippen LogP contribution in [0.15, 0.2) is 46.6 Å². The predicted octanol–water partition coefficient (Wildman–Crippen LogP) is 4.23. The minimum absolute atomic E-state index is 0.139. The molecule has 1 saturated heterocycles. The SMILES string of the molecule is Cn1cnc(CN2CCC[C@@H]2c2csc(NC(=O)c3ccc(Br)cc3)n2)c1. The second-order valence-electron chi connectivity index (χ2n) is 6.70. The maximum absolute atomic E-state index is 12.4. The van der Waals surface area contributed by atoms with Crippen LogP contribution in [0.5, 0.6) is 0 Å². The zero-order chi connectivity index (χ0) is 18.8. The van der Waals surface area contributed by atoms with E-state index in [0.29, 0.717) is 10.7 Å². The molecule has 0 radical (unpaired) electrons. The van der Waals surface area contributed by atoms with Gasteiger partial charge >= 0.3 is 0 Å². The van der Waals surface area contributed by atoms with Crippen LogP contribution < -0.4 is 5.32 Å². The van der Waals surface area contributed by atoms with E-state index in [9.17, 15) is 4.79 Å². The first-order valence-electron chi connectivity index (χ1n) is 8.82. The molecule has 27 heavy (non-hydrogen) atoms. The summed E-state index contributed by atoms with van der Waals surface area (Å²) in [5, 5.41) is 5.60. The van der Waals surface area contributed by atoms with Crippen LogP contribution in [0, 0.1) is 0 Å². The van der Waals surface area contributed by atoms with Crippen molar-refractivity contribution in [3.63, 3.8) is 0 Å². The van der Waals surface area contributed by atoms with Crippen LogP contribution in [-0.2, 0) is 13.6 Å². The van der Waals surface area contributed by atoms with Crippen LogP contribution in [0.1, 0.15) is 40.6 Å². The Morgan fingerprint density at radius 1 is 1.37 bits per heavy atom. The molecule has 1 atom stereocenters. The number of carbonyl (C=O) groups is 1. The molecule has 6 nitrogen and oxygen atoms in total. The van der Waals surface area contributed by atoms with Crippen molar-refractivity contribution < 1.29 is 4.79 Å². The van der Waals surface area contributed by atoms with E-state index < -0.39 is 0 Å². The number of halogens is 1. The molecule has 1 amide bonds. The van der Waals surface area contributed by atoms with E-state index in [1.54, 1.807) is 12.1 Å². The minimum atomic E-state index is -0.139. The van der Waals surface area contributed by atoms with E-state index in [4.69, 9.17) is 0 Å². The maximum atomic E-state index is 12.4. The summed E-state index contributed by atoms with van der Waals surface area (Å²) in [5.74, 6) is -0.139. The van der Waals surface area contributed by atoms with Gasteiger partial charge in [0.2, 0.25) is 0 Å². The van der Waals surface area contributed by atoms with E-state index in [-0.39, 0.29) is 11.9 Å². The lowest BCUT2D eigenvalue weighted by molar-refractivity contribution is 0.102. The van der Waals surface area contributed by atoms with Crippen molar-refractivity contribution in [2.75, 3.05) is 11.9 Å². The van der Waals surface area contributed by atoms with Crippen LogP contribution in [0.25, 0.3) is 0 Å². The first kappa shape index (κ1) is 18.3. The number of benzene rings is 1. The van der Waals surface area contributed by atoms with E-state index >= 15 is 0 Å². The van der Waals surface area contributed by atoms with E-state index in [1.165, 1.54) is 11.3 Å². The van der Waals surface area contributed by atoms with Gasteiger partial charge in [0.05, 0.1) is 23.8 Å². The maximum Gasteiger partial charge on any atom is 0.257 e. The Bertz CT molecular complexity index is 936. The number of hydrogen-bond donors (Lipinski definition) is 1. The molecular formula is C19H20BrN5OS. The fourth-order valence-corrected chi connectivity index (χ4v) is 4.39. The zero-order valence-corrected chi connectivity index (χ0v) is 17.3. The largest absolute Gasteiger partial charge is 0.340 e. The fourth-order valence-electron chi connectivity index (χ4n) is 3.37. The Morgan fingerprint density at radius 2 is 2.19 bits per heavy atom. The third-order valence-electron chi connectivity index (χ3n) is 4.68. The molecule has 1 aromatic carbocycles. The van der Waals surface area contributed by atoms with Gasteiger partial charge in [0, 0.05) is 35.2 Å². The average molecular weight is 446 g/mol. The van der Waals surface area contributed by atoms with E-state index in [1.807, 2.05) is 30.1 Å². The lowest BCUT2D eigenvalue weighted by Crippen LogP contribution is -2.23. The molecule has 0 unspecified atom stereocenters. The van der Waals surface area contributed by atoms with Gasteiger partial charge in [0.15, 0.2) is 5.13 Å². The first-order chi connectivity index (χ1) is 13.1. The van der Waals surface area contributed by atoms with Crippen molar-refractivity contribution >= 4 is 38.3 Å². The summed E-state index contributed by atoms with van der Waals surface area (Å²) in [7, 11) is 1.98. The number of amides is 1. The Balaban J connectivity index is 1.43. The normalized spacial score (nSPS) is 17.3. The van der Waals surface area contributed by atoms with Gasteiger partial charge in [-0.05, 0) is 43.7 Å². The van der Waals surface area contributed by atoms with Crippen molar-refractivity contribution in [1.29, 1.82) is 0 Å². The number of nitrogens with one attached hydrogen (secondary N) is 1. The predicted molar refractivity (Wildman–Crippen MR) is 110 cm³/mol. The van der Waals surface area contributed by atoms with Crippen LogP contribution in [0.3, 0.4) is 0 Å². The highest BCUT2D eigenvalue weighted by molar-refractivity contribution is 9.10. The molecule has 0 spiro atoms. The van der Waals surface area contributed by atoms with E-state index in [0.717, 1.165) is 41.8 Å². The standard InChI is InChI=1S/C19H20BrN5OS/c1-24-9-15(21-12-24)10-25-8-2-3-17(25)16-11-27-19(22-16)23-18(26)13-4-6-14(20)7-5-13/h4-7,9,11-12,17H,2-3,8,10H2,1H3,(H,22,23,26)/t17-/m1/s1. The van der Waals surface area contributed by atoms with Gasteiger partial charge in [-0.1, -0.05) is 15.9 Å². The van der Waals surface area contributed by atoms with Crippen molar-refractivity contribution in [2.45, 2.75) is 25.4 Å². The minimum Gasteiger partial charge on any atom is -0.340 e. The highest BCUT2D eigenvalue weighted by Crippen LogP contribution is 2.34. The second-order valence-corrected chi connectivity index (χ2v) is 8.47. The monoisotopic (exact) mass is 445 g/mol. The molecule has 0 bridgehead atoms. The van der Waals surface area contributed by atoms with Crippen LogP contribution in [0.4, 0.5) is 5.13 Å². The summed E-state index contributed by atoms with van der Waals surface area (Å²) in [5.41, 5.74) is 2.72. The van der Waals surface area contributed by atoms with Gasteiger partial charge in [-0.2, -0.15) is 0 Å². The number of carbonyl (C=O) groups excluding carboxylic acids is 1. The topological polar surface area (TPSA) is 63.1 Å². The highest BCUT2D eigenvalue weighted by atomic mass is 79.9. The van der Waals surface area contributed by atoms with Crippen molar-refractivity contribution in [3.05, 3.63) is 63.6 Å². The molecule has 4 rings (SSSR count). The Kier molecular flexibility index (Phi) is 5.38. The molecule has 3 aromatic rings. The summed E-state index contributed by atoms with van der Waals surface area (Å²) < 4.78 is 2.92. The molecule has 0 aliphatic carbocycles. The Labute approximate surface area is 170 Å². The lowest BCUT2D eigenvalue weighted by atomic mass is 10.1. The van der Waals surface area contributed by atoms with Gasteiger partial charge in [-0.25, -0.2) is 9.97 Å². The number of aromatic nitrogens is 3. The summed E-state index contributed by atoms with van der Waals surface area (Å²) in [6.45, 7) is 1.86. The first-order valence-corrected chi connectivity index (χ1v) is 10.5. The van der Waals surface area contributed by atoms with Crippen molar-refractivity contribution in [2.24, 2.45) is 7.05 Å². The molecule has 1 aliphatic heterocycles. The molecule has 140 valence electrons. The summed E-state index contributed by atoms with van der Waals surface area (Å²) >= 11 is 4.86.